The van der Waals surface area contributed by atoms with Gasteiger partial charge in [-0.2, -0.15) is 0 Å². The van der Waals surface area contributed by atoms with Crippen LogP contribution >= 0.6 is 0 Å². The van der Waals surface area contributed by atoms with Crippen molar-refractivity contribution in [1.82, 2.24) is 4.90 Å². The Bertz CT molecular complexity index is 603. The number of amides is 1. The molecule has 0 radical (unpaired) electrons. The SMILES string of the molecule is C[C@@H]1C[C@@H]2CN(C(=O)c3ccc4c(c3)OCCCO4)CC[C@H]2O1. The predicted molar refractivity (Wildman–Crippen MR) is 85.0 cm³/mol. The highest BCUT2D eigenvalue weighted by molar-refractivity contribution is 5.95. The number of rotatable bonds is 1. The molecule has 1 amide bonds. The van der Waals surface area contributed by atoms with E-state index in [9.17, 15) is 4.79 Å². The molecule has 0 N–H and O–H groups in total. The maximum absolute atomic E-state index is 12.8. The lowest BCUT2D eigenvalue weighted by Crippen LogP contribution is -2.44. The molecule has 5 heteroatoms. The number of hydrogen-bond donors (Lipinski definition) is 0. The van der Waals surface area contributed by atoms with Gasteiger partial charge in [0.15, 0.2) is 11.5 Å². The highest BCUT2D eigenvalue weighted by atomic mass is 16.5. The minimum absolute atomic E-state index is 0.0821. The Morgan fingerprint density at radius 1 is 1.22 bits per heavy atom. The van der Waals surface area contributed by atoms with Gasteiger partial charge in [-0.05, 0) is 38.0 Å². The van der Waals surface area contributed by atoms with E-state index >= 15 is 0 Å². The van der Waals surface area contributed by atoms with Gasteiger partial charge in [0.05, 0.1) is 25.4 Å². The van der Waals surface area contributed by atoms with Gasteiger partial charge in [-0.3, -0.25) is 4.79 Å². The monoisotopic (exact) mass is 317 g/mol. The molecule has 0 aliphatic carbocycles. The summed E-state index contributed by atoms with van der Waals surface area (Å²) in [5.74, 6) is 1.97. The van der Waals surface area contributed by atoms with Crippen molar-refractivity contribution in [1.29, 1.82) is 0 Å². The van der Waals surface area contributed by atoms with E-state index < -0.39 is 0 Å². The largest absolute Gasteiger partial charge is 0.490 e. The van der Waals surface area contributed by atoms with Gasteiger partial charge >= 0.3 is 0 Å². The molecular weight excluding hydrogens is 294 g/mol. The quantitative estimate of drug-likeness (QED) is 0.798. The van der Waals surface area contributed by atoms with Crippen molar-refractivity contribution in [3.8, 4) is 11.5 Å². The fraction of sp³-hybridized carbons (Fsp3) is 0.611. The summed E-state index contributed by atoms with van der Waals surface area (Å²) in [5.41, 5.74) is 0.680. The Kier molecular flexibility index (Phi) is 3.89. The summed E-state index contributed by atoms with van der Waals surface area (Å²) in [7, 11) is 0. The lowest BCUT2D eigenvalue weighted by molar-refractivity contribution is 0.00864. The van der Waals surface area contributed by atoms with Crippen LogP contribution < -0.4 is 9.47 Å². The predicted octanol–water partition coefficient (Wildman–Crippen LogP) is 2.49. The molecule has 3 aliphatic rings. The van der Waals surface area contributed by atoms with E-state index in [1.807, 2.05) is 23.1 Å². The van der Waals surface area contributed by atoms with E-state index in [2.05, 4.69) is 6.92 Å². The molecule has 0 spiro atoms. The first-order chi connectivity index (χ1) is 11.2. The van der Waals surface area contributed by atoms with Crippen molar-refractivity contribution < 1.29 is 19.0 Å². The molecule has 0 bridgehead atoms. The number of piperidine rings is 1. The van der Waals surface area contributed by atoms with E-state index in [-0.39, 0.29) is 5.91 Å². The summed E-state index contributed by atoms with van der Waals surface area (Å²) >= 11 is 0. The van der Waals surface area contributed by atoms with Gasteiger partial charge in [-0.15, -0.1) is 0 Å². The van der Waals surface area contributed by atoms with Crippen molar-refractivity contribution in [2.45, 2.75) is 38.4 Å². The normalized spacial score (nSPS) is 29.8. The zero-order chi connectivity index (χ0) is 15.8. The zero-order valence-electron chi connectivity index (χ0n) is 13.5. The Labute approximate surface area is 136 Å². The summed E-state index contributed by atoms with van der Waals surface area (Å²) in [4.78, 5) is 14.8. The topological polar surface area (TPSA) is 48.0 Å². The van der Waals surface area contributed by atoms with Crippen molar-refractivity contribution in [2.24, 2.45) is 5.92 Å². The van der Waals surface area contributed by atoms with Crippen LogP contribution in [-0.2, 0) is 4.74 Å². The summed E-state index contributed by atoms with van der Waals surface area (Å²) < 4.78 is 17.2. The lowest BCUT2D eigenvalue weighted by atomic mass is 9.92. The molecule has 2 saturated heterocycles. The van der Waals surface area contributed by atoms with Gasteiger partial charge in [-0.25, -0.2) is 0 Å². The third kappa shape index (κ3) is 2.90. The molecule has 124 valence electrons. The number of fused-ring (bicyclic) bond motifs is 2. The van der Waals surface area contributed by atoms with Crippen LogP contribution in [0.25, 0.3) is 0 Å². The van der Waals surface area contributed by atoms with Crippen LogP contribution in [0.2, 0.25) is 0 Å². The molecule has 0 aromatic heterocycles. The van der Waals surface area contributed by atoms with Crippen molar-refractivity contribution in [2.75, 3.05) is 26.3 Å². The fourth-order valence-electron chi connectivity index (χ4n) is 3.86. The Hall–Kier alpha value is -1.75. The maximum Gasteiger partial charge on any atom is 0.254 e. The van der Waals surface area contributed by atoms with Crippen LogP contribution in [0.5, 0.6) is 11.5 Å². The second-order valence-electron chi connectivity index (χ2n) is 6.73. The highest BCUT2D eigenvalue weighted by Crippen LogP contribution is 2.34. The van der Waals surface area contributed by atoms with E-state index in [1.165, 1.54) is 0 Å². The molecule has 5 nitrogen and oxygen atoms in total. The molecular formula is C18H23NO4. The minimum Gasteiger partial charge on any atom is -0.490 e. The van der Waals surface area contributed by atoms with Gasteiger partial charge in [0.2, 0.25) is 0 Å². The van der Waals surface area contributed by atoms with Gasteiger partial charge in [0.25, 0.3) is 5.91 Å². The highest BCUT2D eigenvalue weighted by Gasteiger charge is 2.38. The summed E-state index contributed by atoms with van der Waals surface area (Å²) in [5, 5.41) is 0. The van der Waals surface area contributed by atoms with Crippen molar-refractivity contribution >= 4 is 5.91 Å². The molecule has 1 aromatic rings. The van der Waals surface area contributed by atoms with E-state index in [0.29, 0.717) is 42.7 Å². The minimum atomic E-state index is 0.0821. The molecule has 23 heavy (non-hydrogen) atoms. The van der Waals surface area contributed by atoms with Crippen LogP contribution in [-0.4, -0.2) is 49.3 Å². The summed E-state index contributed by atoms with van der Waals surface area (Å²) in [6, 6.07) is 5.51. The Morgan fingerprint density at radius 2 is 2.04 bits per heavy atom. The van der Waals surface area contributed by atoms with Crippen molar-refractivity contribution in [3.05, 3.63) is 23.8 Å². The first-order valence-electron chi connectivity index (χ1n) is 8.55. The Balaban J connectivity index is 1.50. The van der Waals surface area contributed by atoms with E-state index in [4.69, 9.17) is 14.2 Å². The maximum atomic E-state index is 12.8. The molecule has 0 saturated carbocycles. The average molecular weight is 317 g/mol. The molecule has 3 aliphatic heterocycles. The first kappa shape index (κ1) is 14.8. The van der Waals surface area contributed by atoms with Crippen LogP contribution in [0.15, 0.2) is 18.2 Å². The number of carbonyl (C=O) groups is 1. The van der Waals surface area contributed by atoms with Crippen LogP contribution in [0.1, 0.15) is 36.5 Å². The third-order valence-electron chi connectivity index (χ3n) is 4.99. The third-order valence-corrected chi connectivity index (χ3v) is 4.99. The summed E-state index contributed by atoms with van der Waals surface area (Å²) in [6.45, 7) is 4.97. The first-order valence-corrected chi connectivity index (χ1v) is 8.55. The number of ether oxygens (including phenoxy) is 3. The summed E-state index contributed by atoms with van der Waals surface area (Å²) in [6.07, 6.45) is 3.50. The van der Waals surface area contributed by atoms with Crippen LogP contribution in [0.3, 0.4) is 0 Å². The molecule has 3 atom stereocenters. The zero-order valence-corrected chi connectivity index (χ0v) is 13.5. The standard InChI is InChI=1S/C18H23NO4/c1-12-9-14-11-19(6-5-15(14)23-12)18(20)13-3-4-16-17(10-13)22-8-2-7-21-16/h3-4,10,12,14-15H,2,5-9,11H2,1H3/t12-,14-,15-/m1/s1. The molecule has 4 rings (SSSR count). The number of likely N-dealkylation sites (tertiary alicyclic amines) is 1. The van der Waals surface area contributed by atoms with Crippen molar-refractivity contribution in [3.63, 3.8) is 0 Å². The number of benzene rings is 1. The van der Waals surface area contributed by atoms with Gasteiger partial charge in [0, 0.05) is 31.0 Å². The van der Waals surface area contributed by atoms with Gasteiger partial charge in [0.1, 0.15) is 0 Å². The molecule has 0 unspecified atom stereocenters. The molecule has 3 heterocycles. The Morgan fingerprint density at radius 3 is 2.91 bits per heavy atom. The number of nitrogens with zero attached hydrogens (tertiary/aromatic N) is 1. The second-order valence-corrected chi connectivity index (χ2v) is 6.73. The second kappa shape index (κ2) is 6.04. The smallest absolute Gasteiger partial charge is 0.254 e. The fourth-order valence-corrected chi connectivity index (χ4v) is 3.86. The van der Waals surface area contributed by atoms with Crippen LogP contribution in [0, 0.1) is 5.92 Å². The number of hydrogen-bond acceptors (Lipinski definition) is 4. The lowest BCUT2D eigenvalue weighted by Gasteiger charge is -2.34. The molecule has 2 fully saturated rings. The molecule has 1 aromatic carbocycles. The number of carbonyl (C=O) groups excluding carboxylic acids is 1. The average Bonchev–Trinajstić information content (AvgIpc) is 2.78. The van der Waals surface area contributed by atoms with Gasteiger partial charge in [-0.1, -0.05) is 0 Å². The van der Waals surface area contributed by atoms with E-state index in [0.717, 1.165) is 38.1 Å². The van der Waals surface area contributed by atoms with E-state index in [1.54, 1.807) is 0 Å². The van der Waals surface area contributed by atoms with Gasteiger partial charge < -0.3 is 19.1 Å². The van der Waals surface area contributed by atoms with Crippen LogP contribution in [0.4, 0.5) is 0 Å².